The molecule has 156 valence electrons. The van der Waals surface area contributed by atoms with Crippen molar-refractivity contribution in [2.45, 2.75) is 77.2 Å². The van der Waals surface area contributed by atoms with E-state index < -0.39 is 34.8 Å². The summed E-state index contributed by atoms with van der Waals surface area (Å²) in [5, 5.41) is 20.5. The van der Waals surface area contributed by atoms with Gasteiger partial charge >= 0.3 is 0 Å². The van der Waals surface area contributed by atoms with Gasteiger partial charge in [0.05, 0.1) is 18.8 Å². The van der Waals surface area contributed by atoms with Crippen LogP contribution in [0.25, 0.3) is 0 Å². The van der Waals surface area contributed by atoms with Crippen LogP contribution >= 0.6 is 0 Å². The zero-order valence-electron chi connectivity index (χ0n) is 17.6. The van der Waals surface area contributed by atoms with Gasteiger partial charge in [-0.05, 0) is 63.5 Å². The van der Waals surface area contributed by atoms with E-state index in [1.54, 1.807) is 6.08 Å². The van der Waals surface area contributed by atoms with E-state index in [4.69, 9.17) is 14.2 Å². The predicted octanol–water partition coefficient (Wildman–Crippen LogP) is 2.65. The summed E-state index contributed by atoms with van der Waals surface area (Å²) >= 11 is 0. The fourth-order valence-electron chi connectivity index (χ4n) is 4.25. The van der Waals surface area contributed by atoms with Crippen LogP contribution < -0.4 is 0 Å². The highest BCUT2D eigenvalue weighted by atomic mass is 16.8. The van der Waals surface area contributed by atoms with Crippen LogP contribution in [0.4, 0.5) is 0 Å². The van der Waals surface area contributed by atoms with Crippen LogP contribution in [0, 0.1) is 11.8 Å². The summed E-state index contributed by atoms with van der Waals surface area (Å²) in [6, 6.07) is 0. The molecule has 2 aliphatic heterocycles. The van der Waals surface area contributed by atoms with Gasteiger partial charge < -0.3 is 24.4 Å². The first kappa shape index (κ1) is 21.2. The van der Waals surface area contributed by atoms with Gasteiger partial charge in [0.25, 0.3) is 0 Å². The fourth-order valence-corrected chi connectivity index (χ4v) is 4.25. The first-order chi connectivity index (χ1) is 12.9. The monoisotopic (exact) mass is 392 g/mol. The fraction of sp³-hybridized carbons (Fsp3) is 0.682. The molecular weight excluding hydrogens is 360 g/mol. The van der Waals surface area contributed by atoms with Gasteiger partial charge in [-0.2, -0.15) is 0 Å². The number of rotatable bonds is 4. The summed E-state index contributed by atoms with van der Waals surface area (Å²) in [5.41, 5.74) is -1.72. The molecular formula is C22H32O6. The zero-order chi connectivity index (χ0) is 20.9. The van der Waals surface area contributed by atoms with E-state index in [-0.39, 0.29) is 12.7 Å². The number of hydrogen-bond acceptors (Lipinski definition) is 6. The van der Waals surface area contributed by atoms with Crippen molar-refractivity contribution in [2.75, 3.05) is 6.61 Å². The van der Waals surface area contributed by atoms with E-state index in [0.29, 0.717) is 17.3 Å². The van der Waals surface area contributed by atoms with Crippen LogP contribution in [-0.4, -0.2) is 51.8 Å². The molecule has 3 rings (SSSR count). The van der Waals surface area contributed by atoms with Gasteiger partial charge in [0.1, 0.15) is 11.4 Å². The summed E-state index contributed by atoms with van der Waals surface area (Å²) in [6.07, 6.45) is 6.61. The van der Waals surface area contributed by atoms with Crippen molar-refractivity contribution < 1.29 is 29.2 Å². The number of aliphatic hydroxyl groups excluding tert-OH is 1. The Morgan fingerprint density at radius 3 is 2.61 bits per heavy atom. The second-order valence-corrected chi connectivity index (χ2v) is 9.01. The van der Waals surface area contributed by atoms with Gasteiger partial charge in [-0.3, -0.25) is 4.79 Å². The molecule has 28 heavy (non-hydrogen) atoms. The molecule has 0 spiro atoms. The standard InChI is InChI=1S/C22H32O6/c1-7-13(2)19-21(5,28-20(3,4)27-19)9-8-15-10-14-11-17(23)22(6,25)18(24)16(14)12-26-15/h8-11,13,16,18-19,24-25H,7,12H2,1-6H3/b9-8+/t13-,16-,18+,19?,21?,22-/m0/s1. The van der Waals surface area contributed by atoms with Crippen molar-refractivity contribution in [3.05, 3.63) is 35.6 Å². The second kappa shape index (κ2) is 7.10. The molecule has 0 saturated carbocycles. The number of ether oxygens (including phenoxy) is 3. The lowest BCUT2D eigenvalue weighted by Gasteiger charge is -2.39. The highest BCUT2D eigenvalue weighted by molar-refractivity contribution is 5.99. The van der Waals surface area contributed by atoms with E-state index in [1.165, 1.54) is 13.0 Å². The molecule has 0 radical (unpaired) electrons. The quantitative estimate of drug-likeness (QED) is 0.765. The van der Waals surface area contributed by atoms with Crippen molar-refractivity contribution in [1.82, 2.24) is 0 Å². The van der Waals surface area contributed by atoms with Crippen molar-refractivity contribution >= 4 is 5.78 Å². The SMILES string of the molecule is CC[C@H](C)C1OC(C)(C)OC1(C)/C=C/C1=CC2=CC(=O)[C@](C)(O)[C@H](O)[C@H]2CO1. The molecule has 1 saturated heterocycles. The van der Waals surface area contributed by atoms with Gasteiger partial charge in [0, 0.05) is 5.92 Å². The Hall–Kier alpha value is -1.47. The lowest BCUT2D eigenvalue weighted by Crippen LogP contribution is -2.54. The van der Waals surface area contributed by atoms with Crippen molar-refractivity contribution in [3.63, 3.8) is 0 Å². The van der Waals surface area contributed by atoms with Crippen LogP contribution in [0.1, 0.15) is 48.0 Å². The topological polar surface area (TPSA) is 85.2 Å². The van der Waals surface area contributed by atoms with Gasteiger partial charge in [-0.25, -0.2) is 0 Å². The Kier molecular flexibility index (Phi) is 5.38. The van der Waals surface area contributed by atoms with Crippen LogP contribution in [-0.2, 0) is 19.0 Å². The molecule has 0 bridgehead atoms. The molecule has 2 heterocycles. The van der Waals surface area contributed by atoms with E-state index in [2.05, 4.69) is 13.8 Å². The van der Waals surface area contributed by atoms with E-state index in [1.807, 2.05) is 32.9 Å². The Morgan fingerprint density at radius 1 is 1.29 bits per heavy atom. The van der Waals surface area contributed by atoms with E-state index in [0.717, 1.165) is 6.42 Å². The van der Waals surface area contributed by atoms with E-state index in [9.17, 15) is 15.0 Å². The normalized spacial score (nSPS) is 41.3. The Labute approximate surface area is 166 Å². The molecule has 6 nitrogen and oxygen atoms in total. The largest absolute Gasteiger partial charge is 0.493 e. The Morgan fingerprint density at radius 2 is 1.96 bits per heavy atom. The molecule has 0 aromatic heterocycles. The number of carbonyl (C=O) groups is 1. The molecule has 6 heteroatoms. The summed E-state index contributed by atoms with van der Waals surface area (Å²) in [7, 11) is 0. The summed E-state index contributed by atoms with van der Waals surface area (Å²) in [4.78, 5) is 12.1. The van der Waals surface area contributed by atoms with Crippen LogP contribution in [0.3, 0.4) is 0 Å². The molecule has 0 aromatic carbocycles. The maximum atomic E-state index is 12.1. The number of allylic oxidation sites excluding steroid dienone is 2. The van der Waals surface area contributed by atoms with Crippen LogP contribution in [0.5, 0.6) is 0 Å². The van der Waals surface area contributed by atoms with Crippen molar-refractivity contribution in [2.24, 2.45) is 11.8 Å². The van der Waals surface area contributed by atoms with Gasteiger partial charge in [0.2, 0.25) is 0 Å². The maximum absolute atomic E-state index is 12.1. The van der Waals surface area contributed by atoms with Crippen molar-refractivity contribution in [3.8, 4) is 0 Å². The highest BCUT2D eigenvalue weighted by Crippen LogP contribution is 2.42. The van der Waals surface area contributed by atoms with Crippen molar-refractivity contribution in [1.29, 1.82) is 0 Å². The van der Waals surface area contributed by atoms with E-state index >= 15 is 0 Å². The summed E-state index contributed by atoms with van der Waals surface area (Å²) in [6.45, 7) is 11.6. The smallest absolute Gasteiger partial charge is 0.189 e. The Balaban J connectivity index is 1.85. The lowest BCUT2D eigenvalue weighted by atomic mass is 9.75. The molecule has 0 amide bonds. The molecule has 0 aromatic rings. The molecule has 1 fully saturated rings. The number of carbonyl (C=O) groups excluding carboxylic acids is 1. The first-order valence-corrected chi connectivity index (χ1v) is 9.98. The third-order valence-corrected chi connectivity index (χ3v) is 6.10. The number of aliphatic hydroxyl groups is 2. The average molecular weight is 392 g/mol. The minimum Gasteiger partial charge on any atom is -0.493 e. The lowest BCUT2D eigenvalue weighted by molar-refractivity contribution is -0.156. The first-order valence-electron chi connectivity index (χ1n) is 9.98. The summed E-state index contributed by atoms with van der Waals surface area (Å²) < 4.78 is 18.1. The highest BCUT2D eigenvalue weighted by Gasteiger charge is 2.51. The van der Waals surface area contributed by atoms with Gasteiger partial charge in [0.15, 0.2) is 17.2 Å². The minimum atomic E-state index is -1.78. The zero-order valence-corrected chi connectivity index (χ0v) is 17.6. The molecule has 1 aliphatic carbocycles. The third-order valence-electron chi connectivity index (χ3n) is 6.10. The predicted molar refractivity (Wildman–Crippen MR) is 104 cm³/mol. The Bertz CT molecular complexity index is 731. The van der Waals surface area contributed by atoms with Gasteiger partial charge in [-0.1, -0.05) is 20.3 Å². The third kappa shape index (κ3) is 3.71. The van der Waals surface area contributed by atoms with Gasteiger partial charge in [-0.15, -0.1) is 0 Å². The molecule has 2 unspecified atom stereocenters. The average Bonchev–Trinajstić information content (AvgIpc) is 2.87. The minimum absolute atomic E-state index is 0.0897. The second-order valence-electron chi connectivity index (χ2n) is 9.01. The molecule has 6 atom stereocenters. The number of fused-ring (bicyclic) bond motifs is 1. The maximum Gasteiger partial charge on any atom is 0.189 e. The number of ketones is 1. The number of hydrogen-bond donors (Lipinski definition) is 2. The molecule has 2 N–H and O–H groups in total. The molecule has 3 aliphatic rings. The summed E-state index contributed by atoms with van der Waals surface area (Å²) in [5.74, 6) is -0.697. The van der Waals surface area contributed by atoms with Crippen LogP contribution in [0.15, 0.2) is 35.6 Å². The van der Waals surface area contributed by atoms with Crippen LogP contribution in [0.2, 0.25) is 0 Å².